The van der Waals surface area contributed by atoms with Crippen molar-refractivity contribution < 1.29 is 58.4 Å². The molecule has 6 aliphatic rings. The quantitative estimate of drug-likeness (QED) is 0.255. The lowest BCUT2D eigenvalue weighted by Gasteiger charge is -2.54. The maximum absolute atomic E-state index is 12.1. The van der Waals surface area contributed by atoms with E-state index in [-0.39, 0.29) is 59.9 Å². The first-order valence-electron chi connectivity index (χ1n) is 20.5. The van der Waals surface area contributed by atoms with E-state index in [9.17, 15) is 25.2 Å². The molecule has 4 N–H and O–H groups in total. The fourth-order valence-corrected chi connectivity index (χ4v) is 11.5. The fraction of sp³-hybridized carbons (Fsp3) is 0.976. The predicted molar refractivity (Wildman–Crippen MR) is 194 cm³/mol. The van der Waals surface area contributed by atoms with Crippen LogP contribution in [0.15, 0.2) is 0 Å². The molecule has 0 bridgehead atoms. The van der Waals surface area contributed by atoms with Crippen LogP contribution in [0, 0.1) is 47.3 Å². The second-order valence-electron chi connectivity index (χ2n) is 19.2. The summed E-state index contributed by atoms with van der Waals surface area (Å²) in [7, 11) is 1.58. The van der Waals surface area contributed by atoms with E-state index in [1.807, 2.05) is 27.7 Å². The highest BCUT2D eigenvalue weighted by atomic mass is 16.7. The average molecular weight is 755 g/mol. The summed E-state index contributed by atoms with van der Waals surface area (Å²) in [5.41, 5.74) is -1.19. The molecule has 1 spiro atoms. The number of aliphatic hydroxyl groups excluding tert-OH is 1. The maximum atomic E-state index is 12.1. The van der Waals surface area contributed by atoms with Crippen LogP contribution in [0.25, 0.3) is 0 Å². The van der Waals surface area contributed by atoms with Crippen LogP contribution in [0.1, 0.15) is 121 Å². The number of ether oxygens (including phenoxy) is 7. The summed E-state index contributed by atoms with van der Waals surface area (Å²) in [6.45, 7) is 21.6. The summed E-state index contributed by atoms with van der Waals surface area (Å²) in [5.74, 6) is -7.35. The normalized spacial score (nSPS) is 56.1. The Kier molecular flexibility index (Phi) is 11.4. The smallest absolute Gasteiger partial charge is 0.311 e. The third kappa shape index (κ3) is 7.16. The van der Waals surface area contributed by atoms with Crippen molar-refractivity contribution in [2.75, 3.05) is 7.11 Å². The summed E-state index contributed by atoms with van der Waals surface area (Å²) < 4.78 is 46.4. The number of carboxylic acid groups (broad SMARTS) is 1. The molecule has 12 nitrogen and oxygen atoms in total. The molecular formula is C41H70O12. The topological polar surface area (TPSA) is 163 Å². The highest BCUT2D eigenvalue weighted by Gasteiger charge is 2.63. The Hall–Kier alpha value is -0.930. The lowest BCUT2D eigenvalue weighted by Crippen LogP contribution is -2.65. The minimum atomic E-state index is -1.96. The first-order chi connectivity index (χ1) is 24.5. The van der Waals surface area contributed by atoms with E-state index in [2.05, 4.69) is 27.7 Å². The third-order valence-electron chi connectivity index (χ3n) is 15.2. The maximum Gasteiger partial charge on any atom is 0.311 e. The van der Waals surface area contributed by atoms with Gasteiger partial charge in [0.25, 0.3) is 0 Å². The fourth-order valence-electron chi connectivity index (χ4n) is 11.5. The monoisotopic (exact) mass is 754 g/mol. The number of methoxy groups -OCH3 is 1. The number of carboxylic acids is 1. The summed E-state index contributed by atoms with van der Waals surface area (Å²) in [6, 6.07) is 0. The van der Waals surface area contributed by atoms with Gasteiger partial charge in [0.05, 0.1) is 60.0 Å². The molecule has 6 heterocycles. The lowest BCUT2D eigenvalue weighted by atomic mass is 9.71. The Bertz CT molecular complexity index is 1330. The molecular weight excluding hydrogens is 684 g/mol. The predicted octanol–water partition coefficient (Wildman–Crippen LogP) is 5.27. The van der Waals surface area contributed by atoms with Gasteiger partial charge in [-0.25, -0.2) is 0 Å². The Morgan fingerprint density at radius 3 is 2.13 bits per heavy atom. The van der Waals surface area contributed by atoms with Crippen LogP contribution < -0.4 is 0 Å². The molecule has 6 saturated heterocycles. The van der Waals surface area contributed by atoms with Crippen molar-refractivity contribution in [3.8, 4) is 0 Å². The molecule has 306 valence electrons. The molecule has 53 heavy (non-hydrogen) atoms. The zero-order chi connectivity index (χ0) is 39.2. The van der Waals surface area contributed by atoms with Crippen LogP contribution in [-0.2, 0) is 38.0 Å². The second kappa shape index (κ2) is 14.5. The van der Waals surface area contributed by atoms with Gasteiger partial charge in [-0.1, -0.05) is 48.5 Å². The van der Waals surface area contributed by atoms with Gasteiger partial charge in [0.1, 0.15) is 5.92 Å². The SMILES string of the molecule is CO[C@@H]1[C@H](C)[C@@H]([C@H](C)[C@@H]2O[C@]3(CC[C@](C)([C@H]4CC[C@@](C)([C@H]5O[C@H]([C@H]6O[C@](C)(O)[C@H](C)C[C@@H]6C)C[C@@H]5C)O4)O3)C[C@@H](O)[C@H]2C)O[C@@](O)([C@@H](C)C(=O)O)[C@H]1C. The zero-order valence-corrected chi connectivity index (χ0v) is 34.2. The molecule has 0 aromatic carbocycles. The van der Waals surface area contributed by atoms with Gasteiger partial charge in [-0.3, -0.25) is 4.79 Å². The Morgan fingerprint density at radius 2 is 1.49 bits per heavy atom. The molecule has 0 aromatic rings. The van der Waals surface area contributed by atoms with E-state index in [4.69, 9.17) is 33.2 Å². The lowest BCUT2D eigenvalue weighted by molar-refractivity contribution is -0.365. The van der Waals surface area contributed by atoms with Gasteiger partial charge >= 0.3 is 5.97 Å². The van der Waals surface area contributed by atoms with Crippen LogP contribution in [0.3, 0.4) is 0 Å². The molecule has 0 aromatic heterocycles. The number of hydrogen-bond donors (Lipinski definition) is 4. The molecule has 21 atom stereocenters. The van der Waals surface area contributed by atoms with Crippen molar-refractivity contribution in [1.82, 2.24) is 0 Å². The van der Waals surface area contributed by atoms with E-state index < -0.39 is 70.8 Å². The summed E-state index contributed by atoms with van der Waals surface area (Å²) in [5, 5.41) is 44.1. The first kappa shape index (κ1) is 41.7. The second-order valence-corrected chi connectivity index (χ2v) is 19.2. The molecule has 6 rings (SSSR count). The number of hydrogen-bond acceptors (Lipinski definition) is 11. The van der Waals surface area contributed by atoms with Crippen molar-refractivity contribution in [2.24, 2.45) is 47.3 Å². The summed E-state index contributed by atoms with van der Waals surface area (Å²) in [4.78, 5) is 12.1. The number of carbonyl (C=O) groups is 1. The van der Waals surface area contributed by atoms with E-state index in [1.54, 1.807) is 21.0 Å². The van der Waals surface area contributed by atoms with Crippen molar-refractivity contribution >= 4 is 5.97 Å². The summed E-state index contributed by atoms with van der Waals surface area (Å²) >= 11 is 0. The van der Waals surface area contributed by atoms with Crippen molar-refractivity contribution in [3.05, 3.63) is 0 Å². The molecule has 0 unspecified atom stereocenters. The van der Waals surface area contributed by atoms with Gasteiger partial charge in [-0.15, -0.1) is 0 Å². The van der Waals surface area contributed by atoms with Crippen LogP contribution >= 0.6 is 0 Å². The zero-order valence-electron chi connectivity index (χ0n) is 34.2. The Morgan fingerprint density at radius 1 is 0.830 bits per heavy atom. The van der Waals surface area contributed by atoms with Gasteiger partial charge in [0.2, 0.25) is 0 Å². The van der Waals surface area contributed by atoms with Gasteiger partial charge in [0, 0.05) is 49.5 Å². The Labute approximate surface area is 316 Å². The minimum absolute atomic E-state index is 0.0508. The average Bonchev–Trinajstić information content (AvgIpc) is 3.78. The molecule has 6 fully saturated rings. The van der Waals surface area contributed by atoms with Crippen molar-refractivity contribution in [1.29, 1.82) is 0 Å². The number of aliphatic hydroxyl groups is 3. The van der Waals surface area contributed by atoms with Gasteiger partial charge < -0.3 is 53.6 Å². The van der Waals surface area contributed by atoms with Crippen LogP contribution in [0.2, 0.25) is 0 Å². The third-order valence-corrected chi connectivity index (χ3v) is 15.2. The first-order valence-corrected chi connectivity index (χ1v) is 20.5. The van der Waals surface area contributed by atoms with E-state index in [0.717, 1.165) is 25.7 Å². The Balaban J connectivity index is 1.15. The molecule has 0 radical (unpaired) electrons. The standard InChI is InChI=1S/C41H70O12/c1-20-17-22(3)39(11,45)50-31(20)29-18-21(2)35(48-29)38(10)14-13-30(49-38)37(9)15-16-40(53-37)19-28(42)23(4)32(51-40)24(5)33-25(6)34(47-12)26(7)41(46,52-33)27(8)36(43)44/h20-35,42,45-46H,13-19H2,1-12H3,(H,43,44)/t20-,21-,22+,23+,24+,25+,26-,27-,28+,29-,30+,31-,32+,33+,34+,35-,37+,38-,39-,40-,41+/m0/s1. The molecule has 0 saturated carbocycles. The van der Waals surface area contributed by atoms with Crippen LogP contribution in [0.4, 0.5) is 0 Å². The highest BCUT2D eigenvalue weighted by molar-refractivity contribution is 5.70. The van der Waals surface area contributed by atoms with Gasteiger partial charge in [-0.2, -0.15) is 0 Å². The summed E-state index contributed by atoms with van der Waals surface area (Å²) in [6.07, 6.45) is 2.00. The van der Waals surface area contributed by atoms with Gasteiger partial charge in [0.15, 0.2) is 17.4 Å². The largest absolute Gasteiger partial charge is 0.481 e. The molecule has 12 heteroatoms. The molecule has 0 aliphatic carbocycles. The van der Waals surface area contributed by atoms with E-state index in [1.165, 1.54) is 6.92 Å². The van der Waals surface area contributed by atoms with E-state index >= 15 is 0 Å². The van der Waals surface area contributed by atoms with Gasteiger partial charge in [-0.05, 0) is 71.6 Å². The number of rotatable bonds is 8. The molecule has 6 aliphatic heterocycles. The highest BCUT2D eigenvalue weighted by Crippen LogP contribution is 2.55. The molecule has 0 amide bonds. The van der Waals surface area contributed by atoms with Crippen LogP contribution in [0.5, 0.6) is 0 Å². The van der Waals surface area contributed by atoms with Crippen LogP contribution in [-0.4, -0.2) is 111 Å². The van der Waals surface area contributed by atoms with Crippen molar-refractivity contribution in [2.45, 2.75) is 199 Å². The van der Waals surface area contributed by atoms with E-state index in [0.29, 0.717) is 19.3 Å². The number of aliphatic carboxylic acids is 1. The van der Waals surface area contributed by atoms with Crippen molar-refractivity contribution in [3.63, 3.8) is 0 Å². The minimum Gasteiger partial charge on any atom is -0.481 e.